The standard InChI is InChI=1S/C27H22F3N9O/c1-15-3-4-18(35-25(40)22-10-17(5-6-31-22)27(28,29)30)11-20(15)21-9-16-12-33-26(36-19-13-34-38(2)14-19)37-23(16)39-8-7-32-24(21)39/h3-6,9-14,32H,7-8H2,1-2H3,(H,35,40). The molecule has 6 rings (SSSR count). The number of nitrogens with one attached hydrogen (secondary N) is 2. The molecule has 40 heavy (non-hydrogen) atoms. The molecule has 1 aromatic carbocycles. The lowest BCUT2D eigenvalue weighted by atomic mass is 9.98. The van der Waals surface area contributed by atoms with Gasteiger partial charge in [0.1, 0.15) is 23.0 Å². The molecule has 5 heterocycles. The first-order valence-electron chi connectivity index (χ1n) is 12.3. The van der Waals surface area contributed by atoms with Gasteiger partial charge in [0, 0.05) is 49.3 Å². The van der Waals surface area contributed by atoms with Crippen LogP contribution in [0.1, 0.15) is 21.6 Å². The second-order valence-electron chi connectivity index (χ2n) is 9.33. The summed E-state index contributed by atoms with van der Waals surface area (Å²) in [4.78, 5) is 30.1. The third-order valence-electron chi connectivity index (χ3n) is 6.52. The minimum absolute atomic E-state index is 0.318. The normalized spacial score (nSPS) is 13.4. The number of pyridine rings is 2. The van der Waals surface area contributed by atoms with E-state index >= 15 is 0 Å². The number of halogens is 3. The van der Waals surface area contributed by atoms with Crippen molar-refractivity contribution in [3.63, 3.8) is 0 Å². The highest BCUT2D eigenvalue weighted by Crippen LogP contribution is 2.39. The SMILES string of the molecule is Cc1ccc(NC(=O)c2cc(C(F)(F)F)ccn2)cc1-c1cc2cnc(=Nc3cnn(C)c3)nc-2n2c1NCC2. The Balaban J connectivity index is 1.37. The summed E-state index contributed by atoms with van der Waals surface area (Å²) in [6, 6.07) is 8.85. The molecule has 2 aromatic heterocycles. The number of carbonyl (C=O) groups excluding carboxylic acids is 1. The Morgan fingerprint density at radius 3 is 2.73 bits per heavy atom. The lowest BCUT2D eigenvalue weighted by Gasteiger charge is -2.19. The van der Waals surface area contributed by atoms with Crippen molar-refractivity contribution in [2.45, 2.75) is 19.6 Å². The van der Waals surface area contributed by atoms with Gasteiger partial charge in [-0.25, -0.2) is 9.98 Å². The van der Waals surface area contributed by atoms with E-state index in [1.807, 2.05) is 19.1 Å². The number of amides is 1. The van der Waals surface area contributed by atoms with Crippen LogP contribution in [0, 0.1) is 6.92 Å². The van der Waals surface area contributed by atoms with Crippen LogP contribution in [0.25, 0.3) is 22.5 Å². The van der Waals surface area contributed by atoms with Crippen molar-refractivity contribution in [1.29, 1.82) is 0 Å². The quantitative estimate of drug-likeness (QED) is 0.346. The van der Waals surface area contributed by atoms with Crippen LogP contribution >= 0.6 is 0 Å². The average Bonchev–Trinajstić information content (AvgIpc) is 3.58. The zero-order valence-corrected chi connectivity index (χ0v) is 21.4. The molecular weight excluding hydrogens is 523 g/mol. The van der Waals surface area contributed by atoms with Gasteiger partial charge in [0.05, 0.1) is 18.0 Å². The van der Waals surface area contributed by atoms with E-state index in [0.29, 0.717) is 30.1 Å². The zero-order chi connectivity index (χ0) is 28.0. The van der Waals surface area contributed by atoms with Crippen LogP contribution in [0.2, 0.25) is 0 Å². The van der Waals surface area contributed by atoms with E-state index in [9.17, 15) is 18.0 Å². The van der Waals surface area contributed by atoms with E-state index in [2.05, 4.69) is 40.2 Å². The van der Waals surface area contributed by atoms with Gasteiger partial charge in [-0.2, -0.15) is 23.3 Å². The van der Waals surface area contributed by atoms with Crippen molar-refractivity contribution >= 4 is 23.1 Å². The van der Waals surface area contributed by atoms with Crippen LogP contribution in [-0.4, -0.2) is 41.8 Å². The summed E-state index contributed by atoms with van der Waals surface area (Å²) in [5, 5.41) is 10.2. The topological polar surface area (TPSA) is 115 Å². The van der Waals surface area contributed by atoms with Gasteiger partial charge in [-0.1, -0.05) is 6.07 Å². The van der Waals surface area contributed by atoms with Crippen LogP contribution in [0.5, 0.6) is 0 Å². The maximum absolute atomic E-state index is 13.1. The van der Waals surface area contributed by atoms with E-state index in [1.54, 1.807) is 42.5 Å². The molecule has 1 amide bonds. The van der Waals surface area contributed by atoms with Gasteiger partial charge in [0.15, 0.2) is 0 Å². The fourth-order valence-corrected chi connectivity index (χ4v) is 4.62. The zero-order valence-electron chi connectivity index (χ0n) is 21.4. The molecule has 0 spiro atoms. The number of rotatable bonds is 4. The molecule has 0 atom stereocenters. The number of carbonyl (C=O) groups is 1. The second-order valence-corrected chi connectivity index (χ2v) is 9.33. The van der Waals surface area contributed by atoms with Crippen molar-refractivity contribution in [2.24, 2.45) is 12.0 Å². The van der Waals surface area contributed by atoms with Gasteiger partial charge in [-0.15, -0.1) is 0 Å². The number of hydrogen-bond donors (Lipinski definition) is 2. The van der Waals surface area contributed by atoms with E-state index in [-0.39, 0.29) is 5.69 Å². The smallest absolute Gasteiger partial charge is 0.369 e. The van der Waals surface area contributed by atoms with Gasteiger partial charge < -0.3 is 15.2 Å². The third-order valence-corrected chi connectivity index (χ3v) is 6.52. The van der Waals surface area contributed by atoms with Crippen LogP contribution in [0.15, 0.2) is 66.2 Å². The first-order valence-corrected chi connectivity index (χ1v) is 12.3. The third kappa shape index (κ3) is 4.77. The van der Waals surface area contributed by atoms with Gasteiger partial charge in [0.25, 0.3) is 11.5 Å². The van der Waals surface area contributed by atoms with Gasteiger partial charge >= 0.3 is 6.18 Å². The van der Waals surface area contributed by atoms with Crippen LogP contribution in [0.4, 0.5) is 30.4 Å². The summed E-state index contributed by atoms with van der Waals surface area (Å²) in [6.45, 7) is 3.32. The predicted molar refractivity (Wildman–Crippen MR) is 141 cm³/mol. The molecular formula is C27H22F3N9O. The summed E-state index contributed by atoms with van der Waals surface area (Å²) in [6.07, 6.45) is 1.51. The van der Waals surface area contributed by atoms with Gasteiger partial charge in [-0.3, -0.25) is 14.5 Å². The lowest BCUT2D eigenvalue weighted by molar-refractivity contribution is -0.137. The molecule has 13 heteroatoms. The highest BCUT2D eigenvalue weighted by Gasteiger charge is 2.31. The molecule has 0 radical (unpaired) electrons. The van der Waals surface area contributed by atoms with Crippen LogP contribution < -0.4 is 16.3 Å². The molecule has 0 fully saturated rings. The Bertz CT molecular complexity index is 1810. The number of aryl methyl sites for hydroxylation is 2. The molecule has 0 saturated heterocycles. The number of fused-ring (bicyclic) bond motifs is 3. The van der Waals surface area contributed by atoms with Gasteiger partial charge in [-0.05, 0) is 48.4 Å². The molecule has 0 saturated carbocycles. The summed E-state index contributed by atoms with van der Waals surface area (Å²) >= 11 is 0. The van der Waals surface area contributed by atoms with Crippen molar-refractivity contribution in [1.82, 2.24) is 29.3 Å². The van der Waals surface area contributed by atoms with E-state index in [0.717, 1.165) is 52.2 Å². The molecule has 3 aromatic rings. The molecule has 0 unspecified atom stereocenters. The van der Waals surface area contributed by atoms with Crippen molar-refractivity contribution in [3.8, 4) is 22.5 Å². The summed E-state index contributed by atoms with van der Waals surface area (Å²) in [5.74, 6) is 0.833. The van der Waals surface area contributed by atoms with Crippen molar-refractivity contribution in [2.75, 3.05) is 17.2 Å². The highest BCUT2D eigenvalue weighted by atomic mass is 19.4. The van der Waals surface area contributed by atoms with E-state index in [1.165, 1.54) is 0 Å². The fraction of sp³-hybridized carbons (Fsp3) is 0.185. The summed E-state index contributed by atoms with van der Waals surface area (Å²) in [7, 11) is 1.81. The Morgan fingerprint density at radius 1 is 1.10 bits per heavy atom. The van der Waals surface area contributed by atoms with E-state index in [4.69, 9.17) is 0 Å². The number of anilines is 2. The number of benzene rings is 1. The Kier molecular flexibility index (Phi) is 6.05. The van der Waals surface area contributed by atoms with Crippen LogP contribution in [-0.2, 0) is 19.8 Å². The number of aromatic nitrogens is 6. The maximum atomic E-state index is 13.1. The first kappa shape index (κ1) is 25.2. The molecule has 0 bridgehead atoms. The van der Waals surface area contributed by atoms with E-state index < -0.39 is 17.6 Å². The lowest BCUT2D eigenvalue weighted by Crippen LogP contribution is -2.17. The number of alkyl halides is 3. The summed E-state index contributed by atoms with van der Waals surface area (Å²) in [5.41, 5.74) is 3.56. The van der Waals surface area contributed by atoms with Crippen molar-refractivity contribution in [3.05, 3.63) is 83.6 Å². The minimum Gasteiger partial charge on any atom is -0.369 e. The molecule has 3 aliphatic heterocycles. The Hall–Kier alpha value is -5.07. The summed E-state index contributed by atoms with van der Waals surface area (Å²) < 4.78 is 43.0. The van der Waals surface area contributed by atoms with Crippen molar-refractivity contribution < 1.29 is 18.0 Å². The first-order chi connectivity index (χ1) is 19.2. The van der Waals surface area contributed by atoms with Gasteiger partial charge in [0.2, 0.25) is 0 Å². The molecule has 10 nitrogen and oxygen atoms in total. The average molecular weight is 546 g/mol. The second kappa shape index (κ2) is 9.59. The Labute approximate surface area is 225 Å². The highest BCUT2D eigenvalue weighted by molar-refractivity contribution is 6.03. The molecule has 202 valence electrons. The number of hydrogen-bond acceptors (Lipinski definition) is 7. The maximum Gasteiger partial charge on any atom is 0.416 e. The predicted octanol–water partition coefficient (Wildman–Crippen LogP) is 4.42. The largest absolute Gasteiger partial charge is 0.416 e. The molecule has 0 aliphatic carbocycles. The fourth-order valence-electron chi connectivity index (χ4n) is 4.62. The molecule has 3 aliphatic rings. The molecule has 2 N–H and O–H groups in total. The number of nitrogens with zero attached hydrogens (tertiary/aromatic N) is 7. The monoisotopic (exact) mass is 545 g/mol. The van der Waals surface area contributed by atoms with Crippen LogP contribution in [0.3, 0.4) is 0 Å². The Morgan fingerprint density at radius 2 is 1.95 bits per heavy atom. The minimum atomic E-state index is -4.58.